The van der Waals surface area contributed by atoms with E-state index in [0.29, 0.717) is 11.1 Å². The Balaban J connectivity index is 2.69. The molecule has 6 heteroatoms. The van der Waals surface area contributed by atoms with Crippen LogP contribution in [-0.2, 0) is 6.54 Å². The minimum atomic E-state index is -4.19. The molecule has 0 spiro atoms. The molecule has 0 aliphatic rings. The molecular weight excluding hydrogens is 272 g/mol. The van der Waals surface area contributed by atoms with E-state index in [0.717, 1.165) is 0 Å². The standard InChI is InChI=1S/C14H16F4N2/c1-20(6-4-14(16,17)18)10-12-7-11(3-2-5-19)8-13(15)9-12/h7-9H,4-6,10,19H2,1H3. The fourth-order valence-corrected chi connectivity index (χ4v) is 1.68. The average Bonchev–Trinajstić information content (AvgIpc) is 2.32. The van der Waals surface area contributed by atoms with Gasteiger partial charge in [-0.3, -0.25) is 0 Å². The summed E-state index contributed by atoms with van der Waals surface area (Å²) in [7, 11) is 1.56. The van der Waals surface area contributed by atoms with E-state index in [4.69, 9.17) is 5.73 Å². The Morgan fingerprint density at radius 1 is 1.25 bits per heavy atom. The second-order valence-corrected chi connectivity index (χ2v) is 4.46. The molecule has 0 saturated carbocycles. The highest BCUT2D eigenvalue weighted by atomic mass is 19.4. The Morgan fingerprint density at radius 2 is 1.95 bits per heavy atom. The summed E-state index contributed by atoms with van der Waals surface area (Å²) in [4.78, 5) is 1.49. The molecule has 0 unspecified atom stereocenters. The number of nitrogens with two attached hydrogens (primary N) is 1. The summed E-state index contributed by atoms with van der Waals surface area (Å²) >= 11 is 0. The van der Waals surface area contributed by atoms with Crippen molar-refractivity contribution in [2.75, 3.05) is 20.1 Å². The lowest BCUT2D eigenvalue weighted by atomic mass is 10.1. The molecule has 0 amide bonds. The minimum absolute atomic E-state index is 0.135. The zero-order chi connectivity index (χ0) is 15.2. The van der Waals surface area contributed by atoms with Crippen molar-refractivity contribution in [1.82, 2.24) is 4.90 Å². The first-order chi connectivity index (χ1) is 9.30. The van der Waals surface area contributed by atoms with Crippen LogP contribution in [0.4, 0.5) is 17.6 Å². The lowest BCUT2D eigenvalue weighted by Gasteiger charge is -2.17. The highest BCUT2D eigenvalue weighted by Gasteiger charge is 2.27. The Hall–Kier alpha value is -1.58. The minimum Gasteiger partial charge on any atom is -0.320 e. The van der Waals surface area contributed by atoms with Gasteiger partial charge in [0.1, 0.15) is 5.82 Å². The molecule has 0 fully saturated rings. The molecule has 0 bridgehead atoms. The van der Waals surface area contributed by atoms with Crippen LogP contribution in [0.3, 0.4) is 0 Å². The number of rotatable bonds is 4. The van der Waals surface area contributed by atoms with Crippen molar-refractivity contribution < 1.29 is 17.6 Å². The van der Waals surface area contributed by atoms with Crippen LogP contribution in [0.25, 0.3) is 0 Å². The van der Waals surface area contributed by atoms with E-state index in [9.17, 15) is 17.6 Å². The van der Waals surface area contributed by atoms with Crippen molar-refractivity contribution in [3.63, 3.8) is 0 Å². The zero-order valence-electron chi connectivity index (χ0n) is 11.1. The molecule has 20 heavy (non-hydrogen) atoms. The first-order valence-electron chi connectivity index (χ1n) is 6.04. The van der Waals surface area contributed by atoms with Gasteiger partial charge in [-0.15, -0.1) is 0 Å². The first-order valence-corrected chi connectivity index (χ1v) is 6.04. The van der Waals surface area contributed by atoms with Gasteiger partial charge in [0.2, 0.25) is 0 Å². The Kier molecular flexibility index (Phi) is 5.99. The molecule has 110 valence electrons. The van der Waals surface area contributed by atoms with E-state index in [1.807, 2.05) is 0 Å². The molecule has 0 saturated heterocycles. The van der Waals surface area contributed by atoms with Crippen molar-refractivity contribution in [2.45, 2.75) is 19.1 Å². The van der Waals surface area contributed by atoms with Crippen molar-refractivity contribution in [2.24, 2.45) is 5.73 Å². The second-order valence-electron chi connectivity index (χ2n) is 4.46. The monoisotopic (exact) mass is 288 g/mol. The van der Waals surface area contributed by atoms with Gasteiger partial charge in [0, 0.05) is 18.7 Å². The van der Waals surface area contributed by atoms with Gasteiger partial charge in [-0.25, -0.2) is 4.39 Å². The molecule has 2 N–H and O–H groups in total. The third-order valence-electron chi connectivity index (χ3n) is 2.52. The van der Waals surface area contributed by atoms with E-state index >= 15 is 0 Å². The van der Waals surface area contributed by atoms with Gasteiger partial charge in [-0.1, -0.05) is 11.8 Å². The maximum Gasteiger partial charge on any atom is 0.390 e. The van der Waals surface area contributed by atoms with E-state index in [-0.39, 0.29) is 19.6 Å². The third-order valence-corrected chi connectivity index (χ3v) is 2.52. The van der Waals surface area contributed by atoms with Gasteiger partial charge >= 0.3 is 6.18 Å². The van der Waals surface area contributed by atoms with Gasteiger partial charge in [-0.2, -0.15) is 13.2 Å². The van der Waals surface area contributed by atoms with Crippen molar-refractivity contribution in [3.8, 4) is 11.8 Å². The smallest absolute Gasteiger partial charge is 0.320 e. The molecule has 0 heterocycles. The van der Waals surface area contributed by atoms with Gasteiger partial charge in [0.15, 0.2) is 0 Å². The molecule has 0 atom stereocenters. The predicted molar refractivity (Wildman–Crippen MR) is 69.3 cm³/mol. The average molecular weight is 288 g/mol. The molecule has 1 aromatic carbocycles. The van der Waals surface area contributed by atoms with E-state index in [1.165, 1.54) is 17.0 Å². The van der Waals surface area contributed by atoms with Crippen molar-refractivity contribution in [1.29, 1.82) is 0 Å². The van der Waals surface area contributed by atoms with E-state index in [2.05, 4.69) is 11.8 Å². The Bertz CT molecular complexity index is 500. The number of halogens is 4. The number of hydrogen-bond donors (Lipinski definition) is 1. The summed E-state index contributed by atoms with van der Waals surface area (Å²) in [6.45, 7) is 0.256. The van der Waals surface area contributed by atoms with Crippen LogP contribution in [0.1, 0.15) is 17.5 Å². The summed E-state index contributed by atoms with van der Waals surface area (Å²) < 4.78 is 49.7. The van der Waals surface area contributed by atoms with Crippen LogP contribution in [0.15, 0.2) is 18.2 Å². The second kappa shape index (κ2) is 7.27. The van der Waals surface area contributed by atoms with Crippen LogP contribution >= 0.6 is 0 Å². The summed E-state index contributed by atoms with van der Waals surface area (Å²) in [5.74, 6) is 4.84. The van der Waals surface area contributed by atoms with Crippen LogP contribution in [0.2, 0.25) is 0 Å². The lowest BCUT2D eigenvalue weighted by molar-refractivity contribution is -0.137. The molecular formula is C14H16F4N2. The van der Waals surface area contributed by atoms with Gasteiger partial charge < -0.3 is 10.6 Å². The molecule has 0 aliphatic heterocycles. The zero-order valence-corrected chi connectivity index (χ0v) is 11.1. The highest BCUT2D eigenvalue weighted by molar-refractivity contribution is 5.37. The van der Waals surface area contributed by atoms with Crippen molar-refractivity contribution in [3.05, 3.63) is 35.1 Å². The van der Waals surface area contributed by atoms with Gasteiger partial charge in [0.05, 0.1) is 13.0 Å². The van der Waals surface area contributed by atoms with Gasteiger partial charge in [-0.05, 0) is 30.8 Å². The van der Waals surface area contributed by atoms with E-state index in [1.54, 1.807) is 13.1 Å². The summed E-state index contributed by atoms with van der Waals surface area (Å²) in [5, 5.41) is 0. The third kappa shape index (κ3) is 6.55. The molecule has 1 aromatic rings. The number of hydrogen-bond acceptors (Lipinski definition) is 2. The largest absolute Gasteiger partial charge is 0.390 e. The van der Waals surface area contributed by atoms with Crippen LogP contribution in [-0.4, -0.2) is 31.2 Å². The van der Waals surface area contributed by atoms with Crippen LogP contribution < -0.4 is 5.73 Å². The number of nitrogens with zero attached hydrogens (tertiary/aromatic N) is 1. The fraction of sp³-hybridized carbons (Fsp3) is 0.429. The van der Waals surface area contributed by atoms with Crippen LogP contribution in [0, 0.1) is 17.7 Å². The molecule has 0 aromatic heterocycles. The molecule has 2 nitrogen and oxygen atoms in total. The maximum atomic E-state index is 13.4. The topological polar surface area (TPSA) is 29.3 Å². The predicted octanol–water partition coefficient (Wildman–Crippen LogP) is 2.52. The molecule has 0 aliphatic carbocycles. The van der Waals surface area contributed by atoms with Crippen LogP contribution in [0.5, 0.6) is 0 Å². The first kappa shape index (κ1) is 16.5. The summed E-state index contributed by atoms with van der Waals surface area (Å²) in [5.41, 5.74) is 6.28. The molecule has 0 radical (unpaired) electrons. The quantitative estimate of drug-likeness (QED) is 0.681. The van der Waals surface area contributed by atoms with E-state index < -0.39 is 18.4 Å². The van der Waals surface area contributed by atoms with Gasteiger partial charge in [0.25, 0.3) is 0 Å². The highest BCUT2D eigenvalue weighted by Crippen LogP contribution is 2.20. The number of alkyl halides is 3. The SMILES string of the molecule is CN(CCC(F)(F)F)Cc1cc(F)cc(C#CCN)c1. The lowest BCUT2D eigenvalue weighted by Crippen LogP contribution is -2.24. The normalized spacial score (nSPS) is 11.3. The van der Waals surface area contributed by atoms with Crippen molar-refractivity contribution >= 4 is 0 Å². The summed E-state index contributed by atoms with van der Waals surface area (Å²) in [6, 6.07) is 4.20. The Labute approximate surface area is 115 Å². The fourth-order valence-electron chi connectivity index (χ4n) is 1.68. The summed E-state index contributed by atoms with van der Waals surface area (Å²) in [6.07, 6.45) is -5.08. The Morgan fingerprint density at radius 3 is 2.55 bits per heavy atom. The number of benzene rings is 1. The molecule has 1 rings (SSSR count). The maximum absolute atomic E-state index is 13.4.